The molecule has 0 radical (unpaired) electrons. The van der Waals surface area contributed by atoms with Crippen LogP contribution in [0.25, 0.3) is 0 Å². The number of allylic oxidation sites excluding steroid dienone is 1. The SMILES string of the molecule is C=CCn1c(SCC(=O)Nc2cc([N+](=O)[O-])ccc2C)nnc1[C@@H](C)NC(=O)c1ccccc1C. The summed E-state index contributed by atoms with van der Waals surface area (Å²) in [6.45, 7) is 9.60. The zero-order valence-electron chi connectivity index (χ0n) is 19.6. The molecule has 0 aliphatic heterocycles. The molecule has 1 atom stereocenters. The van der Waals surface area contributed by atoms with Crippen LogP contribution in [0.4, 0.5) is 11.4 Å². The number of non-ortho nitro benzene ring substituents is 1. The highest BCUT2D eigenvalue weighted by Gasteiger charge is 2.21. The number of carbonyl (C=O) groups is 2. The van der Waals surface area contributed by atoms with E-state index in [2.05, 4.69) is 27.4 Å². The van der Waals surface area contributed by atoms with Crippen molar-refractivity contribution in [3.05, 3.63) is 87.7 Å². The first-order chi connectivity index (χ1) is 16.7. The minimum absolute atomic E-state index is 0.0152. The van der Waals surface area contributed by atoms with Crippen LogP contribution in [-0.2, 0) is 11.3 Å². The summed E-state index contributed by atoms with van der Waals surface area (Å²) in [5, 5.41) is 25.6. The second kappa shape index (κ2) is 11.4. The van der Waals surface area contributed by atoms with Gasteiger partial charge in [-0.05, 0) is 38.0 Å². The Labute approximate surface area is 207 Å². The summed E-state index contributed by atoms with van der Waals surface area (Å²) in [5.74, 6) is -0.00964. The van der Waals surface area contributed by atoms with Crippen LogP contribution in [0.5, 0.6) is 0 Å². The van der Waals surface area contributed by atoms with Crippen LogP contribution in [0.1, 0.15) is 40.3 Å². The first kappa shape index (κ1) is 25.6. The van der Waals surface area contributed by atoms with Gasteiger partial charge in [-0.15, -0.1) is 16.8 Å². The predicted octanol–water partition coefficient (Wildman–Crippen LogP) is 4.21. The summed E-state index contributed by atoms with van der Waals surface area (Å²) in [5.41, 5.74) is 2.44. The zero-order chi connectivity index (χ0) is 25.5. The van der Waals surface area contributed by atoms with Gasteiger partial charge in [-0.2, -0.15) is 0 Å². The molecule has 182 valence electrons. The van der Waals surface area contributed by atoms with Crippen molar-refractivity contribution in [2.24, 2.45) is 0 Å². The third-order valence-corrected chi connectivity index (χ3v) is 6.19. The van der Waals surface area contributed by atoms with Gasteiger partial charge in [-0.3, -0.25) is 19.7 Å². The smallest absolute Gasteiger partial charge is 0.271 e. The highest BCUT2D eigenvalue weighted by molar-refractivity contribution is 7.99. The fourth-order valence-corrected chi connectivity index (χ4v) is 4.12. The van der Waals surface area contributed by atoms with Gasteiger partial charge in [0.15, 0.2) is 11.0 Å². The number of hydrogen-bond donors (Lipinski definition) is 2. The number of aromatic nitrogens is 3. The van der Waals surface area contributed by atoms with Gasteiger partial charge in [0.2, 0.25) is 5.91 Å². The minimum Gasteiger partial charge on any atom is -0.342 e. The lowest BCUT2D eigenvalue weighted by atomic mass is 10.1. The van der Waals surface area contributed by atoms with Crippen molar-refractivity contribution < 1.29 is 14.5 Å². The van der Waals surface area contributed by atoms with E-state index < -0.39 is 11.0 Å². The standard InChI is InChI=1S/C24H26N6O4S/c1-5-12-29-22(17(4)25-23(32)19-9-7-6-8-15(19)2)27-28-24(29)35-14-21(31)26-20-13-18(30(33)34)11-10-16(20)3/h5-11,13,17H,1,12,14H2,2-4H3,(H,25,32)(H,26,31)/t17-/m1/s1. The molecule has 2 N–H and O–H groups in total. The molecule has 2 amide bonds. The lowest BCUT2D eigenvalue weighted by molar-refractivity contribution is -0.384. The van der Waals surface area contributed by atoms with E-state index in [1.807, 2.05) is 32.0 Å². The summed E-state index contributed by atoms with van der Waals surface area (Å²) in [6, 6.07) is 11.2. The molecule has 10 nitrogen and oxygen atoms in total. The van der Waals surface area contributed by atoms with E-state index in [9.17, 15) is 19.7 Å². The summed E-state index contributed by atoms with van der Waals surface area (Å²) in [6.07, 6.45) is 1.68. The molecular formula is C24H26N6O4S. The molecule has 3 rings (SSSR count). The maximum Gasteiger partial charge on any atom is 0.271 e. The molecule has 0 aliphatic carbocycles. The lowest BCUT2D eigenvalue weighted by Gasteiger charge is -2.16. The average Bonchev–Trinajstić information content (AvgIpc) is 3.22. The Balaban J connectivity index is 1.69. The summed E-state index contributed by atoms with van der Waals surface area (Å²) in [7, 11) is 0. The molecule has 3 aromatic rings. The second-order valence-electron chi connectivity index (χ2n) is 7.84. The van der Waals surface area contributed by atoms with E-state index in [1.165, 1.54) is 23.9 Å². The van der Waals surface area contributed by atoms with Crippen LogP contribution < -0.4 is 10.6 Å². The van der Waals surface area contributed by atoms with Crippen molar-refractivity contribution in [1.29, 1.82) is 0 Å². The number of nitrogens with zero attached hydrogens (tertiary/aromatic N) is 4. The van der Waals surface area contributed by atoms with E-state index in [4.69, 9.17) is 0 Å². The van der Waals surface area contributed by atoms with Crippen LogP contribution in [0.3, 0.4) is 0 Å². The predicted molar refractivity (Wildman–Crippen MR) is 134 cm³/mol. The Hall–Kier alpha value is -3.99. The monoisotopic (exact) mass is 494 g/mol. The molecule has 11 heteroatoms. The van der Waals surface area contributed by atoms with Gasteiger partial charge in [0.05, 0.1) is 22.4 Å². The Morgan fingerprint density at radius 2 is 1.94 bits per heavy atom. The van der Waals surface area contributed by atoms with Crippen molar-refractivity contribution in [1.82, 2.24) is 20.1 Å². The third kappa shape index (κ3) is 6.33. The van der Waals surface area contributed by atoms with E-state index in [0.717, 1.165) is 5.56 Å². The number of amides is 2. The Morgan fingerprint density at radius 3 is 2.63 bits per heavy atom. The second-order valence-corrected chi connectivity index (χ2v) is 8.79. The Kier molecular flexibility index (Phi) is 8.37. The van der Waals surface area contributed by atoms with E-state index in [-0.39, 0.29) is 23.3 Å². The minimum atomic E-state index is -0.512. The van der Waals surface area contributed by atoms with Gasteiger partial charge in [-0.1, -0.05) is 42.1 Å². The quantitative estimate of drug-likeness (QED) is 0.187. The third-order valence-electron chi connectivity index (χ3n) is 5.22. The van der Waals surface area contributed by atoms with Crippen LogP contribution >= 0.6 is 11.8 Å². The van der Waals surface area contributed by atoms with Gasteiger partial charge in [-0.25, -0.2) is 0 Å². The summed E-state index contributed by atoms with van der Waals surface area (Å²) in [4.78, 5) is 35.8. The molecule has 1 aromatic heterocycles. The van der Waals surface area contributed by atoms with Crippen molar-refractivity contribution in [3.8, 4) is 0 Å². The van der Waals surface area contributed by atoms with E-state index >= 15 is 0 Å². The number of anilines is 1. The first-order valence-electron chi connectivity index (χ1n) is 10.8. The molecule has 0 saturated carbocycles. The van der Waals surface area contributed by atoms with Gasteiger partial charge < -0.3 is 15.2 Å². The molecule has 0 saturated heterocycles. The van der Waals surface area contributed by atoms with Crippen LogP contribution in [0, 0.1) is 24.0 Å². The number of rotatable bonds is 10. The maximum atomic E-state index is 12.7. The zero-order valence-corrected chi connectivity index (χ0v) is 20.5. The fraction of sp³-hybridized carbons (Fsp3) is 0.250. The fourth-order valence-electron chi connectivity index (χ4n) is 3.37. The molecule has 0 aliphatic rings. The van der Waals surface area contributed by atoms with Crippen molar-refractivity contribution in [2.75, 3.05) is 11.1 Å². The van der Waals surface area contributed by atoms with Crippen LogP contribution in [0.2, 0.25) is 0 Å². The number of aryl methyl sites for hydroxylation is 2. The Morgan fingerprint density at radius 1 is 1.20 bits per heavy atom. The molecule has 1 heterocycles. The Bertz CT molecular complexity index is 1270. The molecule has 0 fully saturated rings. The number of thioether (sulfide) groups is 1. The van der Waals surface area contributed by atoms with Gasteiger partial charge in [0.1, 0.15) is 0 Å². The molecule has 0 unspecified atom stereocenters. The lowest BCUT2D eigenvalue weighted by Crippen LogP contribution is -2.29. The number of hydrogen-bond acceptors (Lipinski definition) is 7. The summed E-state index contributed by atoms with van der Waals surface area (Å²) >= 11 is 1.17. The molecule has 0 bridgehead atoms. The number of nitro groups is 1. The number of benzene rings is 2. The first-order valence-corrected chi connectivity index (χ1v) is 11.8. The van der Waals surface area contributed by atoms with Gasteiger partial charge in [0.25, 0.3) is 11.6 Å². The average molecular weight is 495 g/mol. The number of nitrogens with one attached hydrogen (secondary N) is 2. The van der Waals surface area contributed by atoms with Gasteiger partial charge >= 0.3 is 0 Å². The van der Waals surface area contributed by atoms with Gasteiger partial charge in [0, 0.05) is 24.2 Å². The molecule has 0 spiro atoms. The normalized spacial score (nSPS) is 11.5. The maximum absolute atomic E-state index is 12.7. The van der Waals surface area contributed by atoms with Crippen molar-refractivity contribution in [2.45, 2.75) is 38.5 Å². The summed E-state index contributed by atoms with van der Waals surface area (Å²) < 4.78 is 1.78. The highest BCUT2D eigenvalue weighted by atomic mass is 32.2. The molecule has 2 aromatic carbocycles. The van der Waals surface area contributed by atoms with Crippen LogP contribution in [-0.4, -0.2) is 37.3 Å². The molecular weight excluding hydrogens is 468 g/mol. The topological polar surface area (TPSA) is 132 Å². The highest BCUT2D eigenvalue weighted by Crippen LogP contribution is 2.24. The number of carbonyl (C=O) groups excluding carboxylic acids is 2. The van der Waals surface area contributed by atoms with Crippen molar-refractivity contribution in [3.63, 3.8) is 0 Å². The van der Waals surface area contributed by atoms with E-state index in [0.29, 0.717) is 34.3 Å². The molecule has 35 heavy (non-hydrogen) atoms. The van der Waals surface area contributed by atoms with Crippen LogP contribution in [0.15, 0.2) is 60.3 Å². The largest absolute Gasteiger partial charge is 0.342 e. The number of nitro benzene ring substituents is 1. The van der Waals surface area contributed by atoms with Crippen molar-refractivity contribution >= 4 is 35.0 Å². The van der Waals surface area contributed by atoms with E-state index in [1.54, 1.807) is 29.7 Å².